The van der Waals surface area contributed by atoms with E-state index in [1.165, 1.54) is 13.3 Å². The van der Waals surface area contributed by atoms with Gasteiger partial charge in [-0.3, -0.25) is 4.79 Å². The molecule has 0 atom stereocenters. The molecule has 10 nitrogen and oxygen atoms in total. The second-order valence-corrected chi connectivity index (χ2v) is 3.87. The van der Waals surface area contributed by atoms with Crippen molar-refractivity contribution in [3.8, 4) is 11.5 Å². The topological polar surface area (TPSA) is 141 Å². The molecule has 1 amide bonds. The van der Waals surface area contributed by atoms with Crippen LogP contribution in [0.4, 0.5) is 5.95 Å². The molecule has 1 aromatic carbocycles. The molecule has 0 saturated carbocycles. The Kier molecular flexibility index (Phi) is 4.29. The molecule has 0 bridgehead atoms. The van der Waals surface area contributed by atoms with Crippen molar-refractivity contribution in [3.63, 3.8) is 0 Å². The van der Waals surface area contributed by atoms with E-state index in [1.807, 2.05) is 0 Å². The van der Waals surface area contributed by atoms with Crippen LogP contribution in [0.2, 0.25) is 0 Å². The Morgan fingerprint density at radius 1 is 1.62 bits per heavy atom. The number of nitrogen functional groups attached to an aromatic ring is 1. The molecule has 2 aromatic rings. The number of benzene rings is 1. The summed E-state index contributed by atoms with van der Waals surface area (Å²) in [6.07, 6.45) is 1.29. The normalized spacial score (nSPS) is 10.7. The molecule has 0 aliphatic carbocycles. The average Bonchev–Trinajstić information content (AvgIpc) is 2.86. The number of hydrazone groups is 1. The van der Waals surface area contributed by atoms with Crippen LogP contribution >= 0.6 is 0 Å². The Bertz CT molecular complexity index is 668. The van der Waals surface area contributed by atoms with Crippen molar-refractivity contribution < 1.29 is 14.6 Å². The van der Waals surface area contributed by atoms with E-state index in [9.17, 15) is 9.90 Å². The van der Waals surface area contributed by atoms with E-state index in [4.69, 9.17) is 10.5 Å². The number of amides is 1. The number of hydrogen-bond donors (Lipinski definition) is 3. The molecule has 10 heteroatoms. The van der Waals surface area contributed by atoms with Crippen molar-refractivity contribution in [3.05, 3.63) is 23.8 Å². The molecule has 0 saturated heterocycles. The van der Waals surface area contributed by atoms with Crippen LogP contribution in [-0.4, -0.2) is 44.5 Å². The number of hydrogen-bond acceptors (Lipinski definition) is 8. The first-order valence-electron chi connectivity index (χ1n) is 5.81. The van der Waals surface area contributed by atoms with Crippen LogP contribution in [0.5, 0.6) is 11.5 Å². The second kappa shape index (κ2) is 6.32. The second-order valence-electron chi connectivity index (χ2n) is 3.87. The van der Waals surface area contributed by atoms with Crippen molar-refractivity contribution in [2.45, 2.75) is 6.54 Å². The maximum atomic E-state index is 11.5. The largest absolute Gasteiger partial charge is 0.504 e. The summed E-state index contributed by atoms with van der Waals surface area (Å²) in [5.74, 6) is -0.241. The van der Waals surface area contributed by atoms with Crippen LogP contribution in [0, 0.1) is 0 Å². The molecule has 1 aromatic heterocycles. The van der Waals surface area contributed by atoms with Gasteiger partial charge in [0, 0.05) is 5.56 Å². The number of aromatic hydroxyl groups is 1. The van der Waals surface area contributed by atoms with Crippen LogP contribution in [0.1, 0.15) is 5.56 Å². The molecule has 4 N–H and O–H groups in total. The summed E-state index contributed by atoms with van der Waals surface area (Å²) < 4.78 is 4.96. The molecule has 0 fully saturated rings. The Balaban J connectivity index is 1.94. The Labute approximate surface area is 119 Å². The van der Waals surface area contributed by atoms with E-state index in [1.54, 1.807) is 18.2 Å². The number of phenols is 1. The van der Waals surface area contributed by atoms with E-state index in [0.29, 0.717) is 11.3 Å². The predicted octanol–water partition coefficient (Wildman–Crippen LogP) is -0.880. The molecule has 2 rings (SSSR count). The number of phenolic OH excluding ortho intramolecular Hbond substituents is 1. The number of tetrazole rings is 1. The van der Waals surface area contributed by atoms with Crippen LogP contribution in [0.25, 0.3) is 0 Å². The summed E-state index contributed by atoms with van der Waals surface area (Å²) in [5, 5.41) is 24.2. The fourth-order valence-corrected chi connectivity index (χ4v) is 1.47. The van der Waals surface area contributed by atoms with Crippen molar-refractivity contribution >= 4 is 18.1 Å². The van der Waals surface area contributed by atoms with E-state index >= 15 is 0 Å². The van der Waals surface area contributed by atoms with Gasteiger partial charge in [-0.25, -0.2) is 5.43 Å². The first-order valence-corrected chi connectivity index (χ1v) is 5.81. The monoisotopic (exact) mass is 291 g/mol. The van der Waals surface area contributed by atoms with Crippen LogP contribution in [0.15, 0.2) is 23.3 Å². The summed E-state index contributed by atoms with van der Waals surface area (Å²) in [6.45, 7) is -0.175. The third kappa shape index (κ3) is 3.65. The first kappa shape index (κ1) is 14.2. The molecule has 21 heavy (non-hydrogen) atoms. The first-order chi connectivity index (χ1) is 10.1. The number of nitrogens with two attached hydrogens (primary N) is 1. The number of carbonyl (C=O) groups is 1. The quantitative estimate of drug-likeness (QED) is 0.480. The summed E-state index contributed by atoms with van der Waals surface area (Å²) in [6, 6.07) is 4.91. The molecular weight excluding hydrogens is 278 g/mol. The number of ether oxygens (including phenoxy) is 1. The highest BCUT2D eigenvalue weighted by molar-refractivity contribution is 5.86. The lowest BCUT2D eigenvalue weighted by atomic mass is 10.2. The summed E-state index contributed by atoms with van der Waals surface area (Å²) >= 11 is 0. The molecule has 0 radical (unpaired) electrons. The highest BCUT2D eigenvalue weighted by atomic mass is 16.5. The zero-order chi connectivity index (χ0) is 15.2. The number of para-hydroxylation sites is 1. The SMILES string of the molecule is COc1cccc(/C=N\NC(=O)Cn2nnc(N)n2)c1O. The summed E-state index contributed by atoms with van der Waals surface area (Å²) in [7, 11) is 1.44. The fourth-order valence-electron chi connectivity index (χ4n) is 1.47. The number of methoxy groups -OCH3 is 1. The number of nitrogens with one attached hydrogen (secondary N) is 1. The van der Waals surface area contributed by atoms with E-state index in [2.05, 4.69) is 25.9 Å². The summed E-state index contributed by atoms with van der Waals surface area (Å²) in [5.41, 5.74) is 7.93. The smallest absolute Gasteiger partial charge is 0.263 e. The lowest BCUT2D eigenvalue weighted by Crippen LogP contribution is -2.24. The van der Waals surface area contributed by atoms with Crippen molar-refractivity contribution in [2.75, 3.05) is 12.8 Å². The highest BCUT2D eigenvalue weighted by Crippen LogP contribution is 2.27. The number of rotatable bonds is 5. The van der Waals surface area contributed by atoms with E-state index in [0.717, 1.165) is 4.80 Å². The minimum atomic E-state index is -0.467. The summed E-state index contributed by atoms with van der Waals surface area (Å²) in [4.78, 5) is 12.6. The maximum Gasteiger partial charge on any atom is 0.263 e. The standard InChI is InChI=1S/C11H13N7O3/c1-21-8-4-2-3-7(10(8)20)5-13-14-9(19)6-18-16-11(12)15-17-18/h2-5,20H,6H2,1H3,(H2,12,16)(H,14,19)/b13-5-. The van der Waals surface area contributed by atoms with Gasteiger partial charge in [0.05, 0.1) is 13.3 Å². The molecular formula is C11H13N7O3. The third-order valence-corrected chi connectivity index (χ3v) is 2.40. The number of nitrogens with zero attached hydrogens (tertiary/aromatic N) is 5. The molecule has 0 spiro atoms. The van der Waals surface area contributed by atoms with Crippen LogP contribution in [0.3, 0.4) is 0 Å². The Morgan fingerprint density at radius 3 is 3.10 bits per heavy atom. The highest BCUT2D eigenvalue weighted by Gasteiger charge is 2.06. The van der Waals surface area contributed by atoms with Gasteiger partial charge in [0.1, 0.15) is 6.54 Å². The average molecular weight is 291 g/mol. The fraction of sp³-hybridized carbons (Fsp3) is 0.182. The van der Waals surface area contributed by atoms with Crippen LogP contribution < -0.4 is 15.9 Å². The van der Waals surface area contributed by atoms with Gasteiger partial charge in [-0.1, -0.05) is 11.2 Å². The van der Waals surface area contributed by atoms with Gasteiger partial charge in [-0.05, 0) is 17.3 Å². The minimum Gasteiger partial charge on any atom is -0.504 e. The predicted molar refractivity (Wildman–Crippen MR) is 72.6 cm³/mol. The number of aromatic nitrogens is 4. The molecule has 0 aliphatic heterocycles. The van der Waals surface area contributed by atoms with Gasteiger partial charge >= 0.3 is 0 Å². The van der Waals surface area contributed by atoms with E-state index in [-0.39, 0.29) is 18.2 Å². The molecule has 110 valence electrons. The minimum absolute atomic E-state index is 0.0207. The zero-order valence-electron chi connectivity index (χ0n) is 11.1. The molecule has 0 unspecified atom stereocenters. The van der Waals surface area contributed by atoms with Gasteiger partial charge in [0.15, 0.2) is 11.5 Å². The lowest BCUT2D eigenvalue weighted by Gasteiger charge is -2.04. The van der Waals surface area contributed by atoms with Gasteiger partial charge < -0.3 is 15.6 Å². The van der Waals surface area contributed by atoms with Gasteiger partial charge in [0.2, 0.25) is 0 Å². The van der Waals surface area contributed by atoms with Crippen molar-refractivity contribution in [1.82, 2.24) is 25.6 Å². The van der Waals surface area contributed by atoms with Gasteiger partial charge in [-0.2, -0.15) is 9.90 Å². The third-order valence-electron chi connectivity index (χ3n) is 2.40. The lowest BCUT2D eigenvalue weighted by molar-refractivity contribution is -0.122. The van der Waals surface area contributed by atoms with Crippen LogP contribution in [-0.2, 0) is 11.3 Å². The van der Waals surface area contributed by atoms with E-state index < -0.39 is 5.91 Å². The maximum absolute atomic E-state index is 11.5. The van der Waals surface area contributed by atoms with Crippen molar-refractivity contribution in [2.24, 2.45) is 5.10 Å². The Morgan fingerprint density at radius 2 is 2.43 bits per heavy atom. The van der Waals surface area contributed by atoms with Crippen molar-refractivity contribution in [1.29, 1.82) is 0 Å². The van der Waals surface area contributed by atoms with Gasteiger partial charge in [0.25, 0.3) is 11.9 Å². The molecule has 1 heterocycles. The Hall–Kier alpha value is -3.17. The van der Waals surface area contributed by atoms with Gasteiger partial charge in [-0.15, -0.1) is 5.10 Å². The number of anilines is 1. The number of carbonyl (C=O) groups excluding carboxylic acids is 1. The zero-order valence-corrected chi connectivity index (χ0v) is 11.1. The molecule has 0 aliphatic rings.